The van der Waals surface area contributed by atoms with Gasteiger partial charge >= 0.3 is 6.03 Å². The lowest BCUT2D eigenvalue weighted by atomic mass is 10.1. The third-order valence-electron chi connectivity index (χ3n) is 3.56. The number of halogens is 1. The first-order valence-corrected chi connectivity index (χ1v) is 7.01. The van der Waals surface area contributed by atoms with Crippen LogP contribution in [0.15, 0.2) is 48.5 Å². The van der Waals surface area contributed by atoms with Crippen molar-refractivity contribution in [3.8, 4) is 0 Å². The zero-order valence-corrected chi connectivity index (χ0v) is 11.7. The van der Waals surface area contributed by atoms with Gasteiger partial charge in [-0.1, -0.05) is 48.0 Å². The summed E-state index contributed by atoms with van der Waals surface area (Å²) in [5, 5.41) is 6.32. The Morgan fingerprint density at radius 2 is 1.85 bits per heavy atom. The van der Waals surface area contributed by atoms with Crippen LogP contribution in [0.3, 0.4) is 0 Å². The SMILES string of the molecule is O=C(Nc1ccccc1Cl)N[C@@H]1CCc2ccccc21. The number of hydrogen-bond acceptors (Lipinski definition) is 1. The number of urea groups is 1. The monoisotopic (exact) mass is 286 g/mol. The van der Waals surface area contributed by atoms with Crippen molar-refractivity contribution < 1.29 is 4.79 Å². The second-order valence-corrected chi connectivity index (χ2v) is 5.28. The Morgan fingerprint density at radius 1 is 1.10 bits per heavy atom. The minimum Gasteiger partial charge on any atom is -0.331 e. The molecule has 1 atom stereocenters. The Bertz CT molecular complexity index is 642. The topological polar surface area (TPSA) is 41.1 Å². The molecule has 2 amide bonds. The molecule has 0 aliphatic heterocycles. The third-order valence-corrected chi connectivity index (χ3v) is 3.89. The van der Waals surface area contributed by atoms with Gasteiger partial charge in [0.1, 0.15) is 0 Å². The van der Waals surface area contributed by atoms with Crippen LogP contribution in [0.2, 0.25) is 5.02 Å². The highest BCUT2D eigenvalue weighted by atomic mass is 35.5. The van der Waals surface area contributed by atoms with Crippen molar-refractivity contribution in [2.75, 3.05) is 5.32 Å². The molecule has 2 aromatic rings. The van der Waals surface area contributed by atoms with E-state index in [-0.39, 0.29) is 12.1 Å². The van der Waals surface area contributed by atoms with E-state index in [0.717, 1.165) is 12.8 Å². The van der Waals surface area contributed by atoms with E-state index < -0.39 is 0 Å². The first-order valence-electron chi connectivity index (χ1n) is 6.64. The molecule has 3 rings (SSSR count). The Morgan fingerprint density at radius 3 is 2.70 bits per heavy atom. The minimum atomic E-state index is -0.222. The Kier molecular flexibility index (Phi) is 3.61. The van der Waals surface area contributed by atoms with Gasteiger partial charge in [-0.2, -0.15) is 0 Å². The van der Waals surface area contributed by atoms with Crippen LogP contribution in [0.25, 0.3) is 0 Å². The number of hydrogen-bond donors (Lipinski definition) is 2. The van der Waals surface area contributed by atoms with Crippen LogP contribution in [0.1, 0.15) is 23.6 Å². The maximum Gasteiger partial charge on any atom is 0.319 e. The standard InChI is InChI=1S/C16H15ClN2O/c17-13-7-3-4-8-15(13)19-16(20)18-14-10-9-11-5-1-2-6-12(11)14/h1-8,14H,9-10H2,(H2,18,19,20)/t14-/m1/s1. The fraction of sp³-hybridized carbons (Fsp3) is 0.188. The number of amides is 2. The minimum absolute atomic E-state index is 0.0775. The third kappa shape index (κ3) is 2.63. The molecule has 1 aliphatic carbocycles. The lowest BCUT2D eigenvalue weighted by Crippen LogP contribution is -2.31. The van der Waals surface area contributed by atoms with Crippen LogP contribution < -0.4 is 10.6 Å². The predicted octanol–water partition coefficient (Wildman–Crippen LogP) is 4.15. The van der Waals surface area contributed by atoms with Crippen molar-refractivity contribution in [1.29, 1.82) is 0 Å². The summed E-state index contributed by atoms with van der Waals surface area (Å²) in [7, 11) is 0. The maximum atomic E-state index is 12.0. The molecule has 20 heavy (non-hydrogen) atoms. The summed E-state index contributed by atoms with van der Waals surface area (Å²) < 4.78 is 0. The molecule has 0 heterocycles. The molecule has 0 bridgehead atoms. The Hall–Kier alpha value is -2.00. The van der Waals surface area contributed by atoms with E-state index in [0.29, 0.717) is 10.7 Å². The highest BCUT2D eigenvalue weighted by Crippen LogP contribution is 2.30. The summed E-state index contributed by atoms with van der Waals surface area (Å²) in [5.41, 5.74) is 3.15. The average Bonchev–Trinajstić information content (AvgIpc) is 2.85. The average molecular weight is 287 g/mol. The van der Waals surface area contributed by atoms with Crippen LogP contribution in [0, 0.1) is 0 Å². The number of anilines is 1. The number of aryl methyl sites for hydroxylation is 1. The molecule has 0 saturated heterocycles. The molecule has 0 radical (unpaired) electrons. The summed E-state index contributed by atoms with van der Waals surface area (Å²) in [6, 6.07) is 15.3. The summed E-state index contributed by atoms with van der Waals surface area (Å²) in [4.78, 5) is 12.0. The van der Waals surface area contributed by atoms with Crippen molar-refractivity contribution in [1.82, 2.24) is 5.32 Å². The smallest absolute Gasteiger partial charge is 0.319 e. The highest BCUT2D eigenvalue weighted by molar-refractivity contribution is 6.33. The Balaban J connectivity index is 1.68. The number of para-hydroxylation sites is 1. The molecule has 2 N–H and O–H groups in total. The van der Waals surface area contributed by atoms with E-state index in [1.807, 2.05) is 24.3 Å². The fourth-order valence-corrected chi connectivity index (χ4v) is 2.77. The number of benzene rings is 2. The lowest BCUT2D eigenvalue weighted by molar-refractivity contribution is 0.248. The van der Waals surface area contributed by atoms with Crippen molar-refractivity contribution in [3.05, 3.63) is 64.7 Å². The number of fused-ring (bicyclic) bond motifs is 1. The molecule has 102 valence electrons. The van der Waals surface area contributed by atoms with E-state index in [9.17, 15) is 4.79 Å². The van der Waals surface area contributed by atoms with Crippen LogP contribution in [-0.2, 0) is 6.42 Å². The van der Waals surface area contributed by atoms with Gasteiger partial charge in [-0.25, -0.2) is 4.79 Å². The van der Waals surface area contributed by atoms with Gasteiger partial charge in [0.25, 0.3) is 0 Å². The number of carbonyl (C=O) groups is 1. The zero-order valence-electron chi connectivity index (χ0n) is 10.9. The fourth-order valence-electron chi connectivity index (χ4n) is 2.59. The molecule has 0 unspecified atom stereocenters. The number of nitrogens with one attached hydrogen (secondary N) is 2. The van der Waals surface area contributed by atoms with Gasteiger partial charge in [-0.05, 0) is 36.1 Å². The van der Waals surface area contributed by atoms with Gasteiger partial charge in [0.05, 0.1) is 16.8 Å². The van der Waals surface area contributed by atoms with Crippen molar-refractivity contribution >= 4 is 23.3 Å². The second-order valence-electron chi connectivity index (χ2n) is 4.87. The molecule has 0 fully saturated rings. The first kappa shape index (κ1) is 13.0. The van der Waals surface area contributed by atoms with Gasteiger partial charge < -0.3 is 10.6 Å². The van der Waals surface area contributed by atoms with Crippen molar-refractivity contribution in [3.63, 3.8) is 0 Å². The highest BCUT2D eigenvalue weighted by Gasteiger charge is 2.23. The van der Waals surface area contributed by atoms with E-state index in [1.165, 1.54) is 11.1 Å². The molecule has 0 saturated carbocycles. The summed E-state index contributed by atoms with van der Waals surface area (Å²) >= 11 is 6.02. The van der Waals surface area contributed by atoms with E-state index in [1.54, 1.807) is 12.1 Å². The van der Waals surface area contributed by atoms with Gasteiger partial charge in [0.2, 0.25) is 0 Å². The van der Waals surface area contributed by atoms with E-state index in [4.69, 9.17) is 11.6 Å². The Labute approximate surface area is 123 Å². The van der Waals surface area contributed by atoms with Gasteiger partial charge in [-0.3, -0.25) is 0 Å². The lowest BCUT2D eigenvalue weighted by Gasteiger charge is -2.15. The van der Waals surface area contributed by atoms with Crippen LogP contribution in [0.4, 0.5) is 10.5 Å². The van der Waals surface area contributed by atoms with Crippen LogP contribution in [-0.4, -0.2) is 6.03 Å². The number of carbonyl (C=O) groups excluding carboxylic acids is 1. The number of rotatable bonds is 2. The molecule has 3 nitrogen and oxygen atoms in total. The van der Waals surface area contributed by atoms with Crippen LogP contribution in [0.5, 0.6) is 0 Å². The molecule has 0 aromatic heterocycles. The molecule has 2 aromatic carbocycles. The molecular formula is C16H15ClN2O. The zero-order chi connectivity index (χ0) is 13.9. The quantitative estimate of drug-likeness (QED) is 0.855. The largest absolute Gasteiger partial charge is 0.331 e. The van der Waals surface area contributed by atoms with Crippen molar-refractivity contribution in [2.45, 2.75) is 18.9 Å². The molecule has 1 aliphatic rings. The maximum absolute atomic E-state index is 12.0. The predicted molar refractivity (Wildman–Crippen MR) is 81.1 cm³/mol. The van der Waals surface area contributed by atoms with Crippen LogP contribution >= 0.6 is 11.6 Å². The first-order chi connectivity index (χ1) is 9.74. The van der Waals surface area contributed by atoms with Gasteiger partial charge in [-0.15, -0.1) is 0 Å². The van der Waals surface area contributed by atoms with E-state index >= 15 is 0 Å². The van der Waals surface area contributed by atoms with Gasteiger partial charge in [0, 0.05) is 0 Å². The molecular weight excluding hydrogens is 272 g/mol. The molecule has 0 spiro atoms. The summed E-state index contributed by atoms with van der Waals surface area (Å²) in [5.74, 6) is 0. The van der Waals surface area contributed by atoms with Gasteiger partial charge in [0.15, 0.2) is 0 Å². The molecule has 4 heteroatoms. The normalized spacial score (nSPS) is 16.6. The van der Waals surface area contributed by atoms with Crippen molar-refractivity contribution in [2.24, 2.45) is 0 Å². The second kappa shape index (κ2) is 5.55. The van der Waals surface area contributed by atoms with E-state index in [2.05, 4.69) is 22.8 Å². The summed E-state index contributed by atoms with van der Waals surface area (Å²) in [6.07, 6.45) is 1.95. The summed E-state index contributed by atoms with van der Waals surface area (Å²) in [6.45, 7) is 0.